The van der Waals surface area contributed by atoms with E-state index in [1.54, 1.807) is 24.2 Å². The molecule has 1 aromatic rings. The second-order valence-corrected chi connectivity index (χ2v) is 5.00. The van der Waals surface area contributed by atoms with Crippen LogP contribution in [0, 0.1) is 0 Å². The molecule has 3 heteroatoms. The number of aliphatic hydroxyl groups is 1. The quantitative estimate of drug-likeness (QED) is 0.812. The zero-order valence-corrected chi connectivity index (χ0v) is 8.91. The van der Waals surface area contributed by atoms with Crippen molar-refractivity contribution in [2.75, 3.05) is 0 Å². The molecule has 2 rings (SSSR count). The van der Waals surface area contributed by atoms with E-state index in [0.717, 1.165) is 12.8 Å². The van der Waals surface area contributed by atoms with Gasteiger partial charge >= 0.3 is 0 Å². The molecule has 1 fully saturated rings. The Kier molecular flexibility index (Phi) is 3.43. The number of pyridine rings is 1. The third-order valence-electron chi connectivity index (χ3n) is 2.60. The van der Waals surface area contributed by atoms with Crippen LogP contribution in [0.2, 0.25) is 0 Å². The van der Waals surface area contributed by atoms with Gasteiger partial charge in [0.05, 0.1) is 6.10 Å². The topological polar surface area (TPSA) is 33.1 Å². The highest BCUT2D eigenvalue weighted by atomic mass is 32.2. The first-order chi connectivity index (χ1) is 6.86. The van der Waals surface area contributed by atoms with Crippen LogP contribution < -0.4 is 0 Å². The van der Waals surface area contributed by atoms with Crippen molar-refractivity contribution < 1.29 is 5.11 Å². The second kappa shape index (κ2) is 4.80. The molecule has 0 aromatic carbocycles. The molecule has 1 heterocycles. The lowest BCUT2D eigenvalue weighted by molar-refractivity contribution is 0.137. The summed E-state index contributed by atoms with van der Waals surface area (Å²) in [5.41, 5.74) is 0. The molecule has 1 saturated carbocycles. The summed E-state index contributed by atoms with van der Waals surface area (Å²) in [6.07, 6.45) is 8.00. The summed E-state index contributed by atoms with van der Waals surface area (Å²) >= 11 is 1.78. The highest BCUT2D eigenvalue weighted by Gasteiger charge is 2.23. The molecule has 0 unspecified atom stereocenters. The molecule has 1 aliphatic rings. The van der Waals surface area contributed by atoms with Crippen molar-refractivity contribution in [1.29, 1.82) is 0 Å². The first-order valence-corrected chi connectivity index (χ1v) is 5.99. The summed E-state index contributed by atoms with van der Waals surface area (Å²) in [7, 11) is 0. The van der Waals surface area contributed by atoms with Gasteiger partial charge in [-0.15, -0.1) is 11.8 Å². The number of thioether (sulfide) groups is 1. The monoisotopic (exact) mass is 209 g/mol. The SMILES string of the molecule is O[C@H]1CCCC[C@@H]1Sc1ccncc1. The lowest BCUT2D eigenvalue weighted by atomic mass is 9.97. The summed E-state index contributed by atoms with van der Waals surface area (Å²) in [5, 5.41) is 10.2. The number of hydrogen-bond donors (Lipinski definition) is 1. The van der Waals surface area contributed by atoms with E-state index in [-0.39, 0.29) is 6.10 Å². The van der Waals surface area contributed by atoms with E-state index in [1.807, 2.05) is 12.1 Å². The Morgan fingerprint density at radius 3 is 2.64 bits per heavy atom. The number of aromatic nitrogens is 1. The molecule has 0 radical (unpaired) electrons. The molecular weight excluding hydrogens is 194 g/mol. The molecule has 76 valence electrons. The molecule has 2 nitrogen and oxygen atoms in total. The average molecular weight is 209 g/mol. The molecular formula is C11H15NOS. The van der Waals surface area contributed by atoms with Crippen LogP contribution in [-0.2, 0) is 0 Å². The van der Waals surface area contributed by atoms with Gasteiger partial charge in [-0.1, -0.05) is 12.8 Å². The van der Waals surface area contributed by atoms with Crippen molar-refractivity contribution in [3.8, 4) is 0 Å². The maximum Gasteiger partial charge on any atom is 0.0662 e. The lowest BCUT2D eigenvalue weighted by Gasteiger charge is -2.26. The third kappa shape index (κ3) is 2.49. The van der Waals surface area contributed by atoms with Crippen LogP contribution in [0.25, 0.3) is 0 Å². The van der Waals surface area contributed by atoms with Crippen LogP contribution >= 0.6 is 11.8 Å². The van der Waals surface area contributed by atoms with Crippen molar-refractivity contribution in [1.82, 2.24) is 4.98 Å². The van der Waals surface area contributed by atoms with Gasteiger partial charge < -0.3 is 5.11 Å². The van der Waals surface area contributed by atoms with Gasteiger partial charge in [0.25, 0.3) is 0 Å². The Morgan fingerprint density at radius 2 is 1.93 bits per heavy atom. The van der Waals surface area contributed by atoms with Gasteiger partial charge in [-0.2, -0.15) is 0 Å². The molecule has 0 amide bonds. The van der Waals surface area contributed by atoms with Crippen LogP contribution in [-0.4, -0.2) is 21.4 Å². The second-order valence-electron chi connectivity index (χ2n) is 3.69. The zero-order valence-electron chi connectivity index (χ0n) is 8.10. The minimum absolute atomic E-state index is 0.123. The highest BCUT2D eigenvalue weighted by Crippen LogP contribution is 2.33. The van der Waals surface area contributed by atoms with Crippen molar-refractivity contribution in [2.45, 2.75) is 41.9 Å². The van der Waals surface area contributed by atoms with Gasteiger partial charge in [-0.25, -0.2) is 0 Å². The smallest absolute Gasteiger partial charge is 0.0662 e. The first kappa shape index (κ1) is 9.99. The number of rotatable bonds is 2. The Labute approximate surface area is 88.8 Å². The molecule has 1 aromatic heterocycles. The Balaban J connectivity index is 1.96. The Hall–Kier alpha value is -0.540. The summed E-state index contributed by atoms with van der Waals surface area (Å²) in [5.74, 6) is 0. The third-order valence-corrected chi connectivity index (χ3v) is 4.00. The minimum atomic E-state index is -0.123. The summed E-state index contributed by atoms with van der Waals surface area (Å²) < 4.78 is 0. The van der Waals surface area contributed by atoms with Gasteiger partial charge in [0.2, 0.25) is 0 Å². The van der Waals surface area contributed by atoms with Gasteiger partial charge in [-0.3, -0.25) is 4.98 Å². The maximum absolute atomic E-state index is 9.79. The van der Waals surface area contributed by atoms with Gasteiger partial charge in [-0.05, 0) is 25.0 Å². The molecule has 1 aliphatic carbocycles. The van der Waals surface area contributed by atoms with Crippen molar-refractivity contribution in [3.63, 3.8) is 0 Å². The predicted octanol–water partition coefficient (Wildman–Crippen LogP) is 2.48. The zero-order chi connectivity index (χ0) is 9.80. The van der Waals surface area contributed by atoms with Gasteiger partial charge in [0, 0.05) is 22.5 Å². The lowest BCUT2D eigenvalue weighted by Crippen LogP contribution is -2.26. The van der Waals surface area contributed by atoms with E-state index < -0.39 is 0 Å². The number of aliphatic hydroxyl groups excluding tert-OH is 1. The van der Waals surface area contributed by atoms with Gasteiger partial charge in [0.15, 0.2) is 0 Å². The Bertz CT molecular complexity index is 278. The molecule has 0 bridgehead atoms. The van der Waals surface area contributed by atoms with E-state index in [2.05, 4.69) is 4.98 Å². The molecule has 14 heavy (non-hydrogen) atoms. The summed E-state index contributed by atoms with van der Waals surface area (Å²) in [6, 6.07) is 4.01. The van der Waals surface area contributed by atoms with Crippen molar-refractivity contribution >= 4 is 11.8 Å². The van der Waals surface area contributed by atoms with E-state index >= 15 is 0 Å². The summed E-state index contributed by atoms with van der Waals surface area (Å²) in [4.78, 5) is 5.20. The molecule has 0 saturated heterocycles. The van der Waals surface area contributed by atoms with Gasteiger partial charge in [0.1, 0.15) is 0 Å². The average Bonchev–Trinajstić information content (AvgIpc) is 2.23. The van der Waals surface area contributed by atoms with Crippen LogP contribution in [0.5, 0.6) is 0 Å². The van der Waals surface area contributed by atoms with E-state index in [0.29, 0.717) is 5.25 Å². The van der Waals surface area contributed by atoms with Crippen LogP contribution in [0.15, 0.2) is 29.4 Å². The maximum atomic E-state index is 9.79. The van der Waals surface area contributed by atoms with E-state index in [9.17, 15) is 5.11 Å². The fourth-order valence-electron chi connectivity index (χ4n) is 1.81. The van der Waals surface area contributed by atoms with Crippen LogP contribution in [0.4, 0.5) is 0 Å². The summed E-state index contributed by atoms with van der Waals surface area (Å²) in [6.45, 7) is 0. The highest BCUT2D eigenvalue weighted by molar-refractivity contribution is 8.00. The van der Waals surface area contributed by atoms with Crippen molar-refractivity contribution in [3.05, 3.63) is 24.5 Å². The van der Waals surface area contributed by atoms with E-state index in [4.69, 9.17) is 0 Å². The normalized spacial score (nSPS) is 27.5. The number of hydrogen-bond acceptors (Lipinski definition) is 3. The van der Waals surface area contributed by atoms with Crippen LogP contribution in [0.3, 0.4) is 0 Å². The first-order valence-electron chi connectivity index (χ1n) is 5.11. The Morgan fingerprint density at radius 1 is 1.21 bits per heavy atom. The van der Waals surface area contributed by atoms with Crippen LogP contribution in [0.1, 0.15) is 25.7 Å². The molecule has 0 aliphatic heterocycles. The minimum Gasteiger partial charge on any atom is -0.392 e. The largest absolute Gasteiger partial charge is 0.392 e. The van der Waals surface area contributed by atoms with Crippen molar-refractivity contribution in [2.24, 2.45) is 0 Å². The molecule has 2 atom stereocenters. The fraction of sp³-hybridized carbons (Fsp3) is 0.545. The van der Waals surface area contributed by atoms with E-state index in [1.165, 1.54) is 17.7 Å². The number of nitrogens with zero attached hydrogens (tertiary/aromatic N) is 1. The standard InChI is InChI=1S/C11H15NOS/c13-10-3-1-2-4-11(10)14-9-5-7-12-8-6-9/h5-8,10-11,13H,1-4H2/t10-,11-/m0/s1. The molecule has 0 spiro atoms. The molecule has 1 N–H and O–H groups in total. The fourth-order valence-corrected chi connectivity index (χ4v) is 3.01. The predicted molar refractivity (Wildman–Crippen MR) is 58.4 cm³/mol.